The SMILES string of the molecule is CCc1c(S(=O)(=O)Cl)ccc(OC(F)(F)F)c1C#N. The van der Waals surface area contributed by atoms with Crippen LogP contribution in [-0.2, 0) is 15.5 Å². The summed E-state index contributed by atoms with van der Waals surface area (Å²) < 4.78 is 62.7. The van der Waals surface area contributed by atoms with Crippen LogP contribution in [0.3, 0.4) is 0 Å². The molecule has 0 amide bonds. The Kier molecular flexibility index (Phi) is 4.32. The van der Waals surface area contributed by atoms with Crippen molar-refractivity contribution in [3.63, 3.8) is 0 Å². The van der Waals surface area contributed by atoms with Crippen molar-refractivity contribution in [1.29, 1.82) is 5.26 Å². The number of hydrogen-bond acceptors (Lipinski definition) is 4. The van der Waals surface area contributed by atoms with Crippen LogP contribution in [-0.4, -0.2) is 14.8 Å². The van der Waals surface area contributed by atoms with Crippen LogP contribution in [0.4, 0.5) is 13.2 Å². The normalized spacial score (nSPS) is 12.0. The molecule has 0 atom stereocenters. The molecule has 0 spiro atoms. The summed E-state index contributed by atoms with van der Waals surface area (Å²) in [6.07, 6.45) is -4.96. The van der Waals surface area contributed by atoms with Crippen LogP contribution in [0.5, 0.6) is 5.75 Å². The molecule has 1 rings (SSSR count). The standard InChI is InChI=1S/C10H7ClF3NO3S/c1-2-6-7(5-15)8(18-10(12,13)14)3-4-9(6)19(11,16)17/h3-4H,2H2,1H3. The van der Waals surface area contributed by atoms with Crippen LogP contribution in [0.25, 0.3) is 0 Å². The molecule has 0 fully saturated rings. The fourth-order valence-corrected chi connectivity index (χ4v) is 2.72. The highest BCUT2D eigenvalue weighted by atomic mass is 35.7. The minimum absolute atomic E-state index is 0.0131. The van der Waals surface area contributed by atoms with Crippen molar-refractivity contribution in [3.05, 3.63) is 23.3 Å². The van der Waals surface area contributed by atoms with Crippen molar-refractivity contribution in [2.24, 2.45) is 0 Å². The molecule has 0 saturated heterocycles. The molecular weight excluding hydrogens is 307 g/mol. The first-order valence-corrected chi connectivity index (χ1v) is 7.17. The molecule has 104 valence electrons. The summed E-state index contributed by atoms with van der Waals surface area (Å²) in [5.41, 5.74) is -0.610. The Balaban J connectivity index is 3.54. The lowest BCUT2D eigenvalue weighted by Gasteiger charge is -2.14. The molecule has 0 aliphatic rings. The van der Waals surface area contributed by atoms with E-state index in [2.05, 4.69) is 4.74 Å². The molecule has 0 aromatic heterocycles. The lowest BCUT2D eigenvalue weighted by molar-refractivity contribution is -0.274. The highest BCUT2D eigenvalue weighted by molar-refractivity contribution is 8.13. The summed E-state index contributed by atoms with van der Waals surface area (Å²) in [7, 11) is 1.00. The van der Waals surface area contributed by atoms with Gasteiger partial charge in [0, 0.05) is 10.7 Å². The number of nitrogens with zero attached hydrogens (tertiary/aromatic N) is 1. The summed E-state index contributed by atoms with van der Waals surface area (Å²) in [5.74, 6) is -0.754. The maximum absolute atomic E-state index is 12.2. The second kappa shape index (κ2) is 5.27. The fraction of sp³-hybridized carbons (Fsp3) is 0.300. The molecule has 1 aromatic rings. The molecule has 0 bridgehead atoms. The first-order valence-electron chi connectivity index (χ1n) is 4.86. The Bertz CT molecular complexity index is 635. The predicted molar refractivity (Wildman–Crippen MR) is 60.3 cm³/mol. The molecule has 9 heteroatoms. The summed E-state index contributed by atoms with van der Waals surface area (Å²) in [4.78, 5) is -0.400. The molecule has 1 aromatic carbocycles. The van der Waals surface area contributed by atoms with Gasteiger partial charge in [0.05, 0.1) is 10.5 Å². The molecule has 0 unspecified atom stereocenters. The Morgan fingerprint density at radius 1 is 1.42 bits per heavy atom. The number of alkyl halides is 3. The smallest absolute Gasteiger partial charge is 0.404 e. The minimum atomic E-state index is -4.97. The number of rotatable bonds is 3. The van der Waals surface area contributed by atoms with Crippen LogP contribution >= 0.6 is 10.7 Å². The van der Waals surface area contributed by atoms with E-state index in [4.69, 9.17) is 15.9 Å². The van der Waals surface area contributed by atoms with E-state index >= 15 is 0 Å². The molecule has 4 nitrogen and oxygen atoms in total. The number of ether oxygens (including phenoxy) is 1. The lowest BCUT2D eigenvalue weighted by atomic mass is 10.1. The predicted octanol–water partition coefficient (Wildman–Crippen LogP) is 2.95. The van der Waals surface area contributed by atoms with E-state index in [1.165, 1.54) is 13.0 Å². The zero-order valence-corrected chi connectivity index (χ0v) is 11.0. The second-order valence-electron chi connectivity index (χ2n) is 3.37. The van der Waals surface area contributed by atoms with E-state index in [0.29, 0.717) is 0 Å². The first kappa shape index (κ1) is 15.6. The van der Waals surface area contributed by atoms with Gasteiger partial charge in [-0.2, -0.15) is 5.26 Å². The quantitative estimate of drug-likeness (QED) is 0.805. The molecule has 0 aliphatic carbocycles. The van der Waals surface area contributed by atoms with Gasteiger partial charge in [-0.3, -0.25) is 0 Å². The zero-order valence-electron chi connectivity index (χ0n) is 9.45. The maximum Gasteiger partial charge on any atom is 0.573 e. The molecule has 0 aliphatic heterocycles. The van der Waals surface area contributed by atoms with Crippen LogP contribution in [0, 0.1) is 11.3 Å². The highest BCUT2D eigenvalue weighted by Crippen LogP contribution is 2.33. The largest absolute Gasteiger partial charge is 0.573 e. The van der Waals surface area contributed by atoms with Crippen molar-refractivity contribution in [2.75, 3.05) is 0 Å². The van der Waals surface area contributed by atoms with Gasteiger partial charge in [0.1, 0.15) is 11.8 Å². The molecule has 0 N–H and O–H groups in total. The number of hydrogen-bond donors (Lipinski definition) is 0. The minimum Gasteiger partial charge on any atom is -0.404 e. The summed E-state index contributed by atoms with van der Waals surface area (Å²) in [6.45, 7) is 1.49. The Morgan fingerprint density at radius 2 is 2.00 bits per heavy atom. The van der Waals surface area contributed by atoms with Gasteiger partial charge in [0.2, 0.25) is 0 Å². The Hall–Kier alpha value is -1.46. The average molecular weight is 314 g/mol. The van der Waals surface area contributed by atoms with Crippen LogP contribution in [0.2, 0.25) is 0 Å². The second-order valence-corrected chi connectivity index (χ2v) is 5.90. The van der Waals surface area contributed by atoms with E-state index in [1.807, 2.05) is 0 Å². The van der Waals surface area contributed by atoms with Gasteiger partial charge in [0.15, 0.2) is 0 Å². The zero-order chi connectivity index (χ0) is 14.8. The maximum atomic E-state index is 12.2. The first-order chi connectivity index (χ1) is 8.60. The fourth-order valence-electron chi connectivity index (χ4n) is 1.52. The van der Waals surface area contributed by atoms with Crippen molar-refractivity contribution < 1.29 is 26.3 Å². The summed E-state index contributed by atoms with van der Waals surface area (Å²) >= 11 is 0. The van der Waals surface area contributed by atoms with Crippen LogP contribution in [0.15, 0.2) is 17.0 Å². The Labute approximate surface area is 111 Å². The van der Waals surface area contributed by atoms with Crippen molar-refractivity contribution in [3.8, 4) is 11.8 Å². The van der Waals surface area contributed by atoms with E-state index in [9.17, 15) is 21.6 Å². The monoisotopic (exact) mass is 313 g/mol. The van der Waals surface area contributed by atoms with Gasteiger partial charge in [-0.15, -0.1) is 13.2 Å². The van der Waals surface area contributed by atoms with Crippen molar-refractivity contribution in [1.82, 2.24) is 0 Å². The van der Waals surface area contributed by atoms with Gasteiger partial charge in [0.25, 0.3) is 9.05 Å². The lowest BCUT2D eigenvalue weighted by Crippen LogP contribution is -2.18. The average Bonchev–Trinajstić information content (AvgIpc) is 2.24. The van der Waals surface area contributed by atoms with Crippen LogP contribution in [0.1, 0.15) is 18.1 Å². The van der Waals surface area contributed by atoms with E-state index < -0.39 is 31.6 Å². The third-order valence-electron chi connectivity index (χ3n) is 2.19. The van der Waals surface area contributed by atoms with E-state index in [-0.39, 0.29) is 12.0 Å². The summed E-state index contributed by atoms with van der Waals surface area (Å²) in [6, 6.07) is 3.13. The van der Waals surface area contributed by atoms with Gasteiger partial charge in [-0.25, -0.2) is 8.42 Å². The third kappa shape index (κ3) is 3.75. The number of halogens is 4. The molecule has 19 heavy (non-hydrogen) atoms. The molecular formula is C10H7ClF3NO3S. The van der Waals surface area contributed by atoms with E-state index in [0.717, 1.165) is 12.1 Å². The van der Waals surface area contributed by atoms with Gasteiger partial charge < -0.3 is 4.74 Å². The molecule has 0 heterocycles. The van der Waals surface area contributed by atoms with Gasteiger partial charge >= 0.3 is 6.36 Å². The molecule has 0 radical (unpaired) electrons. The van der Waals surface area contributed by atoms with Crippen molar-refractivity contribution in [2.45, 2.75) is 24.6 Å². The van der Waals surface area contributed by atoms with E-state index in [1.54, 1.807) is 0 Å². The van der Waals surface area contributed by atoms with Crippen molar-refractivity contribution >= 4 is 19.7 Å². The third-order valence-corrected chi connectivity index (χ3v) is 3.59. The number of nitriles is 1. The highest BCUT2D eigenvalue weighted by Gasteiger charge is 2.33. The van der Waals surface area contributed by atoms with Crippen LogP contribution < -0.4 is 4.74 Å². The Morgan fingerprint density at radius 3 is 2.37 bits per heavy atom. The molecule has 0 saturated carbocycles. The topological polar surface area (TPSA) is 67.2 Å². The number of benzene rings is 1. The summed E-state index contributed by atoms with van der Waals surface area (Å²) in [5, 5.41) is 8.88. The van der Waals surface area contributed by atoms with Gasteiger partial charge in [-0.1, -0.05) is 6.92 Å². The van der Waals surface area contributed by atoms with Gasteiger partial charge in [-0.05, 0) is 24.1 Å².